The molecule has 2 rings (SSSR count). The van der Waals surface area contributed by atoms with Crippen molar-refractivity contribution < 1.29 is 4.79 Å². The molecule has 11 heavy (non-hydrogen) atoms. The van der Waals surface area contributed by atoms with Crippen LogP contribution in [0.4, 0.5) is 0 Å². The van der Waals surface area contributed by atoms with Crippen LogP contribution in [-0.2, 0) is 4.79 Å². The molecule has 2 aliphatic rings. The molecule has 0 aromatic rings. The van der Waals surface area contributed by atoms with Crippen LogP contribution in [0.1, 0.15) is 0 Å². The van der Waals surface area contributed by atoms with E-state index in [1.54, 1.807) is 23.5 Å². The van der Waals surface area contributed by atoms with Crippen LogP contribution in [0.3, 0.4) is 0 Å². The van der Waals surface area contributed by atoms with Gasteiger partial charge < -0.3 is 0 Å². The van der Waals surface area contributed by atoms with Gasteiger partial charge in [-0.15, -0.1) is 23.5 Å². The summed E-state index contributed by atoms with van der Waals surface area (Å²) in [6, 6.07) is 0. The largest absolute Gasteiger partial charge is 0.275 e. The standard InChI is InChI=1S/C7H5ClOS2/c8-7(9)6-3-5-4(11-6)1-2-10-5/h1-5H. The van der Waals surface area contributed by atoms with E-state index in [2.05, 4.69) is 11.5 Å². The maximum Gasteiger partial charge on any atom is 0.258 e. The third kappa shape index (κ3) is 1.37. The van der Waals surface area contributed by atoms with E-state index in [1.165, 1.54) is 0 Å². The number of fused-ring (bicyclic) bond motifs is 1. The van der Waals surface area contributed by atoms with Crippen LogP contribution in [0.2, 0.25) is 0 Å². The molecule has 0 N–H and O–H groups in total. The second-order valence-electron chi connectivity index (χ2n) is 2.32. The lowest BCUT2D eigenvalue weighted by atomic mass is 10.3. The monoisotopic (exact) mass is 204 g/mol. The Bertz CT molecular complexity index is 259. The number of hydrogen-bond donors (Lipinski definition) is 0. The van der Waals surface area contributed by atoms with E-state index in [0.29, 0.717) is 15.4 Å². The first-order valence-electron chi connectivity index (χ1n) is 3.18. The minimum Gasteiger partial charge on any atom is -0.275 e. The van der Waals surface area contributed by atoms with Crippen molar-refractivity contribution in [2.24, 2.45) is 0 Å². The molecule has 0 amide bonds. The average Bonchev–Trinajstić information content (AvgIpc) is 2.40. The zero-order valence-electron chi connectivity index (χ0n) is 5.49. The summed E-state index contributed by atoms with van der Waals surface area (Å²) in [6.07, 6.45) is 4.07. The Labute approximate surface area is 78.2 Å². The molecule has 4 heteroatoms. The number of thioether (sulfide) groups is 2. The van der Waals surface area contributed by atoms with Crippen LogP contribution >= 0.6 is 35.1 Å². The number of halogens is 1. The molecule has 0 radical (unpaired) electrons. The maximum absolute atomic E-state index is 10.7. The predicted octanol–water partition coefficient (Wildman–Crippen LogP) is 2.38. The van der Waals surface area contributed by atoms with Crippen LogP contribution < -0.4 is 0 Å². The van der Waals surface area contributed by atoms with Gasteiger partial charge in [-0.05, 0) is 17.0 Å². The van der Waals surface area contributed by atoms with Crippen molar-refractivity contribution in [3.05, 3.63) is 22.5 Å². The zero-order chi connectivity index (χ0) is 7.84. The van der Waals surface area contributed by atoms with Crippen LogP contribution in [0.25, 0.3) is 0 Å². The normalized spacial score (nSPS) is 33.7. The SMILES string of the molecule is O=C(Cl)C1=CC2SC=CC2S1. The van der Waals surface area contributed by atoms with Gasteiger partial charge in [-0.3, -0.25) is 4.79 Å². The Morgan fingerprint density at radius 2 is 2.36 bits per heavy atom. The molecule has 0 fully saturated rings. The summed E-state index contributed by atoms with van der Waals surface area (Å²) in [5.74, 6) is 0. The van der Waals surface area contributed by atoms with Gasteiger partial charge in [0.2, 0.25) is 0 Å². The average molecular weight is 205 g/mol. The quantitative estimate of drug-likeness (QED) is 0.611. The summed E-state index contributed by atoms with van der Waals surface area (Å²) in [5, 5.41) is 2.64. The summed E-state index contributed by atoms with van der Waals surface area (Å²) < 4.78 is 0. The van der Waals surface area contributed by atoms with E-state index in [1.807, 2.05) is 6.08 Å². The Kier molecular flexibility index (Phi) is 2.04. The summed E-state index contributed by atoms with van der Waals surface area (Å²) in [6.45, 7) is 0. The molecule has 2 atom stereocenters. The molecule has 2 aliphatic heterocycles. The molecule has 1 nitrogen and oxygen atoms in total. The third-order valence-electron chi connectivity index (χ3n) is 1.60. The van der Waals surface area contributed by atoms with Gasteiger partial charge in [0.15, 0.2) is 0 Å². The van der Waals surface area contributed by atoms with Crippen molar-refractivity contribution in [2.45, 2.75) is 10.5 Å². The van der Waals surface area contributed by atoms with Gasteiger partial charge >= 0.3 is 0 Å². The van der Waals surface area contributed by atoms with Gasteiger partial charge in [0, 0.05) is 10.5 Å². The molecule has 0 bridgehead atoms. The van der Waals surface area contributed by atoms with Crippen LogP contribution in [0.5, 0.6) is 0 Å². The Hall–Kier alpha value is 0.140. The second-order valence-corrected chi connectivity index (χ2v) is 4.97. The van der Waals surface area contributed by atoms with Gasteiger partial charge in [0.05, 0.1) is 4.91 Å². The molecular formula is C7H5ClOS2. The second kappa shape index (κ2) is 2.88. The summed E-state index contributed by atoms with van der Waals surface area (Å²) in [5.41, 5.74) is 0. The smallest absolute Gasteiger partial charge is 0.258 e. The highest BCUT2D eigenvalue weighted by atomic mass is 35.5. The van der Waals surface area contributed by atoms with E-state index in [9.17, 15) is 4.79 Å². The Balaban J connectivity index is 2.15. The minimum atomic E-state index is -0.321. The molecule has 0 saturated heterocycles. The number of carbonyl (C=O) groups excluding carboxylic acids is 1. The van der Waals surface area contributed by atoms with Crippen molar-refractivity contribution >= 4 is 40.4 Å². The van der Waals surface area contributed by atoms with Crippen LogP contribution in [-0.4, -0.2) is 15.7 Å². The summed E-state index contributed by atoms with van der Waals surface area (Å²) >= 11 is 8.64. The van der Waals surface area contributed by atoms with E-state index in [-0.39, 0.29) is 5.24 Å². The number of rotatable bonds is 1. The van der Waals surface area contributed by atoms with Crippen molar-refractivity contribution in [2.75, 3.05) is 0 Å². The lowest BCUT2D eigenvalue weighted by Crippen LogP contribution is -2.04. The minimum absolute atomic E-state index is 0.321. The third-order valence-corrected chi connectivity index (χ3v) is 4.44. The van der Waals surface area contributed by atoms with Crippen molar-refractivity contribution in [3.63, 3.8) is 0 Å². The summed E-state index contributed by atoms with van der Waals surface area (Å²) in [4.78, 5) is 11.4. The molecule has 0 spiro atoms. The van der Waals surface area contributed by atoms with Gasteiger partial charge in [-0.1, -0.05) is 12.2 Å². The van der Waals surface area contributed by atoms with Crippen LogP contribution in [0.15, 0.2) is 22.5 Å². The first kappa shape index (κ1) is 7.77. The number of allylic oxidation sites excluding steroid dienone is 1. The summed E-state index contributed by atoms with van der Waals surface area (Å²) in [7, 11) is 0. The van der Waals surface area contributed by atoms with E-state index in [4.69, 9.17) is 11.6 Å². The van der Waals surface area contributed by atoms with E-state index < -0.39 is 0 Å². The molecule has 2 unspecified atom stereocenters. The topological polar surface area (TPSA) is 17.1 Å². The predicted molar refractivity (Wildman–Crippen MR) is 50.8 cm³/mol. The van der Waals surface area contributed by atoms with E-state index >= 15 is 0 Å². The molecule has 0 saturated carbocycles. The molecule has 0 aromatic heterocycles. The molecule has 58 valence electrons. The molecule has 0 aliphatic carbocycles. The fourth-order valence-corrected chi connectivity index (χ4v) is 3.71. The fraction of sp³-hybridized carbons (Fsp3) is 0.286. The number of carbonyl (C=O) groups is 1. The Morgan fingerprint density at radius 1 is 1.55 bits per heavy atom. The first-order chi connectivity index (χ1) is 5.27. The molecule has 0 aromatic carbocycles. The van der Waals surface area contributed by atoms with Gasteiger partial charge in [-0.2, -0.15) is 0 Å². The van der Waals surface area contributed by atoms with Gasteiger partial charge in [0.1, 0.15) is 0 Å². The van der Waals surface area contributed by atoms with Crippen molar-refractivity contribution in [3.8, 4) is 0 Å². The lowest BCUT2D eigenvalue weighted by molar-refractivity contribution is -0.107. The number of hydrogen-bond acceptors (Lipinski definition) is 3. The van der Waals surface area contributed by atoms with Crippen LogP contribution in [0, 0.1) is 0 Å². The Morgan fingerprint density at radius 3 is 3.00 bits per heavy atom. The molecule has 2 heterocycles. The first-order valence-corrected chi connectivity index (χ1v) is 5.38. The highest BCUT2D eigenvalue weighted by molar-refractivity contribution is 8.09. The van der Waals surface area contributed by atoms with Crippen molar-refractivity contribution in [1.29, 1.82) is 0 Å². The highest BCUT2D eigenvalue weighted by Gasteiger charge is 2.31. The fourth-order valence-electron chi connectivity index (χ4n) is 1.09. The van der Waals surface area contributed by atoms with Gasteiger partial charge in [-0.25, -0.2) is 0 Å². The maximum atomic E-state index is 10.7. The lowest BCUT2D eigenvalue weighted by Gasteiger charge is -2.02. The van der Waals surface area contributed by atoms with E-state index in [0.717, 1.165) is 0 Å². The zero-order valence-corrected chi connectivity index (χ0v) is 7.88. The van der Waals surface area contributed by atoms with Crippen molar-refractivity contribution in [1.82, 2.24) is 0 Å². The van der Waals surface area contributed by atoms with Gasteiger partial charge in [0.25, 0.3) is 5.24 Å². The molecular weight excluding hydrogens is 200 g/mol. The highest BCUT2D eigenvalue weighted by Crippen LogP contribution is 2.44.